The van der Waals surface area contributed by atoms with E-state index in [2.05, 4.69) is 10.6 Å². The van der Waals surface area contributed by atoms with Gasteiger partial charge in [0.1, 0.15) is 5.54 Å². The summed E-state index contributed by atoms with van der Waals surface area (Å²) < 4.78 is 0. The van der Waals surface area contributed by atoms with Crippen LogP contribution in [0.25, 0.3) is 0 Å². The van der Waals surface area contributed by atoms with Crippen LogP contribution in [0.2, 0.25) is 0 Å². The molecule has 1 saturated carbocycles. The van der Waals surface area contributed by atoms with Crippen molar-refractivity contribution < 1.29 is 14.4 Å². The van der Waals surface area contributed by atoms with Crippen LogP contribution in [0.15, 0.2) is 29.2 Å². The third-order valence-corrected chi connectivity index (χ3v) is 7.72. The molecular weight excluding hydrogens is 374 g/mol. The number of benzene rings is 1. The van der Waals surface area contributed by atoms with Crippen LogP contribution in [0.1, 0.15) is 49.4 Å². The first-order valence-electron chi connectivity index (χ1n) is 10.1. The maximum absolute atomic E-state index is 13.3. The van der Waals surface area contributed by atoms with Crippen LogP contribution in [-0.4, -0.2) is 47.1 Å². The molecule has 3 atom stereocenters. The number of urea groups is 1. The summed E-state index contributed by atoms with van der Waals surface area (Å²) in [6.07, 6.45) is 6.26. The number of carbonyl (C=O) groups is 3. The lowest BCUT2D eigenvalue weighted by atomic mass is 9.75. The van der Waals surface area contributed by atoms with E-state index in [-0.39, 0.29) is 11.8 Å². The van der Waals surface area contributed by atoms with Gasteiger partial charge in [0.25, 0.3) is 11.8 Å². The van der Waals surface area contributed by atoms with Crippen LogP contribution >= 0.6 is 11.8 Å². The fraction of sp³-hybridized carbons (Fsp3) is 0.571. The Morgan fingerprint density at radius 3 is 2.68 bits per heavy atom. The molecule has 7 heteroatoms. The maximum atomic E-state index is 13.3. The number of hydrogen-bond donors (Lipinski definition) is 2. The molecule has 2 aliphatic heterocycles. The van der Waals surface area contributed by atoms with Crippen LogP contribution < -0.4 is 10.6 Å². The highest BCUT2D eigenvalue weighted by molar-refractivity contribution is 7.99. The number of amides is 4. The van der Waals surface area contributed by atoms with Crippen LogP contribution in [0, 0.1) is 11.8 Å². The first-order chi connectivity index (χ1) is 13.5. The Labute approximate surface area is 169 Å². The monoisotopic (exact) mass is 401 g/mol. The van der Waals surface area contributed by atoms with Gasteiger partial charge in [-0.25, -0.2) is 4.79 Å². The Balaban J connectivity index is 1.46. The van der Waals surface area contributed by atoms with Gasteiger partial charge in [-0.05, 0) is 43.7 Å². The summed E-state index contributed by atoms with van der Waals surface area (Å²) in [7, 11) is 0. The van der Waals surface area contributed by atoms with Crippen molar-refractivity contribution in [3.8, 4) is 0 Å². The van der Waals surface area contributed by atoms with E-state index in [4.69, 9.17) is 0 Å². The van der Waals surface area contributed by atoms with Crippen molar-refractivity contribution in [3.63, 3.8) is 0 Å². The average molecular weight is 402 g/mol. The molecule has 0 aromatic heterocycles. The van der Waals surface area contributed by atoms with Gasteiger partial charge in [0.2, 0.25) is 0 Å². The number of fused-ring (bicyclic) bond motifs is 1. The normalized spacial score (nSPS) is 29.8. The standard InChI is InChI=1S/C21H27N3O3S/c1-21(19(26)22-20(27)23-21)13-28-17-9-5-4-8-16(17)18(25)24-11-10-14-6-2-3-7-15(14)12-24/h4-5,8-9,14-15H,2-3,6-7,10-13H2,1H3,(H2,22,23,26,27)/t14-,15-,21-/m1/s1. The molecule has 3 aliphatic rings. The Hall–Kier alpha value is -2.02. The molecule has 2 N–H and O–H groups in total. The molecule has 1 aliphatic carbocycles. The minimum Gasteiger partial charge on any atom is -0.338 e. The van der Waals surface area contributed by atoms with E-state index >= 15 is 0 Å². The van der Waals surface area contributed by atoms with E-state index in [0.717, 1.165) is 30.3 Å². The highest BCUT2D eigenvalue weighted by Crippen LogP contribution is 2.37. The third kappa shape index (κ3) is 3.77. The van der Waals surface area contributed by atoms with Gasteiger partial charge in [-0.3, -0.25) is 14.9 Å². The summed E-state index contributed by atoms with van der Waals surface area (Å²) in [6, 6.07) is 7.11. The predicted octanol–water partition coefficient (Wildman–Crippen LogP) is 3.03. The SMILES string of the molecule is C[C@]1(CSc2ccccc2C(=O)N2CC[C@H]3CCCC[C@@H]3C2)NC(=O)NC1=O. The second kappa shape index (κ2) is 7.78. The van der Waals surface area contributed by atoms with Crippen molar-refractivity contribution >= 4 is 29.6 Å². The minimum atomic E-state index is -0.960. The largest absolute Gasteiger partial charge is 0.338 e. The molecule has 0 bridgehead atoms. The molecule has 4 amide bonds. The smallest absolute Gasteiger partial charge is 0.322 e. The topological polar surface area (TPSA) is 78.5 Å². The van der Waals surface area contributed by atoms with E-state index in [1.54, 1.807) is 6.92 Å². The number of thioether (sulfide) groups is 1. The number of rotatable bonds is 4. The van der Waals surface area contributed by atoms with Crippen molar-refractivity contribution in [1.82, 2.24) is 15.5 Å². The second-order valence-electron chi connectivity index (χ2n) is 8.37. The molecule has 1 aromatic carbocycles. The molecule has 4 rings (SSSR count). The summed E-state index contributed by atoms with van der Waals surface area (Å²) in [5.74, 6) is 1.55. The summed E-state index contributed by atoms with van der Waals surface area (Å²) in [5.41, 5.74) is -0.270. The molecule has 0 spiro atoms. The molecule has 0 radical (unpaired) electrons. The Kier molecular flexibility index (Phi) is 5.36. The average Bonchev–Trinajstić information content (AvgIpc) is 2.97. The highest BCUT2D eigenvalue weighted by atomic mass is 32.2. The van der Waals surface area contributed by atoms with E-state index in [9.17, 15) is 14.4 Å². The number of hydrogen-bond acceptors (Lipinski definition) is 4. The zero-order chi connectivity index (χ0) is 19.7. The predicted molar refractivity (Wildman–Crippen MR) is 108 cm³/mol. The third-order valence-electron chi connectivity index (χ3n) is 6.33. The van der Waals surface area contributed by atoms with Gasteiger partial charge in [-0.15, -0.1) is 11.8 Å². The lowest BCUT2D eigenvalue weighted by molar-refractivity contribution is -0.122. The van der Waals surface area contributed by atoms with E-state index in [1.807, 2.05) is 29.2 Å². The fourth-order valence-corrected chi connectivity index (χ4v) is 5.76. The second-order valence-corrected chi connectivity index (χ2v) is 9.39. The van der Waals surface area contributed by atoms with Gasteiger partial charge >= 0.3 is 6.03 Å². The van der Waals surface area contributed by atoms with Crippen molar-refractivity contribution in [2.75, 3.05) is 18.8 Å². The van der Waals surface area contributed by atoms with Gasteiger partial charge in [-0.2, -0.15) is 0 Å². The van der Waals surface area contributed by atoms with Crippen LogP contribution in [0.4, 0.5) is 4.79 Å². The van der Waals surface area contributed by atoms with Gasteiger partial charge in [0.05, 0.1) is 5.56 Å². The fourth-order valence-electron chi connectivity index (χ4n) is 4.63. The molecule has 0 unspecified atom stereocenters. The van der Waals surface area contributed by atoms with Gasteiger partial charge in [-0.1, -0.05) is 31.4 Å². The lowest BCUT2D eigenvalue weighted by Gasteiger charge is -2.41. The van der Waals surface area contributed by atoms with Crippen molar-refractivity contribution in [2.45, 2.75) is 49.5 Å². The summed E-state index contributed by atoms with van der Waals surface area (Å²) in [6.45, 7) is 3.40. The summed E-state index contributed by atoms with van der Waals surface area (Å²) >= 11 is 1.44. The zero-order valence-corrected chi connectivity index (χ0v) is 17.0. The molecule has 1 aromatic rings. The van der Waals surface area contributed by atoms with Crippen molar-refractivity contribution in [1.29, 1.82) is 0 Å². The Morgan fingerprint density at radius 2 is 1.93 bits per heavy atom. The number of piperidine rings is 1. The van der Waals surface area contributed by atoms with Crippen molar-refractivity contribution in [3.05, 3.63) is 29.8 Å². The minimum absolute atomic E-state index is 0.0807. The van der Waals surface area contributed by atoms with E-state index in [1.165, 1.54) is 37.4 Å². The van der Waals surface area contributed by atoms with E-state index < -0.39 is 11.6 Å². The molecule has 2 saturated heterocycles. The number of carbonyl (C=O) groups excluding carboxylic acids is 3. The Bertz CT molecular complexity index is 799. The molecule has 3 fully saturated rings. The lowest BCUT2D eigenvalue weighted by Crippen LogP contribution is -2.46. The maximum Gasteiger partial charge on any atom is 0.322 e. The first kappa shape index (κ1) is 19.3. The number of likely N-dealkylation sites (tertiary alicyclic amines) is 1. The van der Waals surface area contributed by atoms with Gasteiger partial charge in [0.15, 0.2) is 0 Å². The molecule has 28 heavy (non-hydrogen) atoms. The van der Waals surface area contributed by atoms with Gasteiger partial charge < -0.3 is 10.2 Å². The molecule has 150 valence electrons. The number of nitrogens with one attached hydrogen (secondary N) is 2. The first-order valence-corrected chi connectivity index (χ1v) is 11.1. The van der Waals surface area contributed by atoms with Crippen molar-refractivity contribution in [2.24, 2.45) is 11.8 Å². The Morgan fingerprint density at radius 1 is 1.18 bits per heavy atom. The molecule has 6 nitrogen and oxygen atoms in total. The number of nitrogens with zero attached hydrogens (tertiary/aromatic N) is 1. The van der Waals surface area contributed by atoms with E-state index in [0.29, 0.717) is 17.2 Å². The van der Waals surface area contributed by atoms with Crippen LogP contribution in [0.5, 0.6) is 0 Å². The summed E-state index contributed by atoms with van der Waals surface area (Å²) in [4.78, 5) is 39.6. The van der Waals surface area contributed by atoms with Crippen LogP contribution in [0.3, 0.4) is 0 Å². The van der Waals surface area contributed by atoms with Gasteiger partial charge in [0, 0.05) is 23.7 Å². The molecule has 2 heterocycles. The van der Waals surface area contributed by atoms with Crippen LogP contribution in [-0.2, 0) is 4.79 Å². The summed E-state index contributed by atoms with van der Waals surface area (Å²) in [5, 5.41) is 4.96. The molecular formula is C21H27N3O3S. The highest BCUT2D eigenvalue weighted by Gasteiger charge is 2.42. The quantitative estimate of drug-likeness (QED) is 0.600. The zero-order valence-electron chi connectivity index (χ0n) is 16.2. The number of imide groups is 1.